The van der Waals surface area contributed by atoms with Gasteiger partial charge in [-0.2, -0.15) is 0 Å². The first-order chi connectivity index (χ1) is 15.0. The van der Waals surface area contributed by atoms with Gasteiger partial charge in [0, 0.05) is 22.8 Å². The molecule has 0 aliphatic heterocycles. The van der Waals surface area contributed by atoms with Gasteiger partial charge in [-0.25, -0.2) is 19.2 Å². The van der Waals surface area contributed by atoms with E-state index in [1.165, 1.54) is 39.0 Å². The summed E-state index contributed by atoms with van der Waals surface area (Å²) in [5, 5.41) is 0. The first kappa shape index (κ1) is 26.0. The van der Waals surface area contributed by atoms with Crippen LogP contribution in [0.15, 0.2) is 54.7 Å². The highest BCUT2D eigenvalue weighted by Gasteiger charge is 2.14. The van der Waals surface area contributed by atoms with Crippen molar-refractivity contribution < 1.29 is 47.6 Å². The predicted octanol–water partition coefficient (Wildman–Crippen LogP) is 2.83. The number of esters is 4. The van der Waals surface area contributed by atoms with Crippen molar-refractivity contribution in [2.75, 3.05) is 20.4 Å². The standard InChI is InChI=1S/C22H24O10/c1-13(2)19(23)29-10-27-17-7-16(22(26)32-12-31-21(25)15(5)6)8-18(9-17)28-11-30-20(24)14(3)4/h7-9H,1,3,5,10-12H2,2,4,6H3. The molecule has 0 N–H and O–H groups in total. The van der Waals surface area contributed by atoms with Crippen LogP contribution >= 0.6 is 0 Å². The number of ether oxygens (including phenoxy) is 6. The molecular weight excluding hydrogens is 424 g/mol. The zero-order valence-corrected chi connectivity index (χ0v) is 18.1. The minimum atomic E-state index is -0.868. The van der Waals surface area contributed by atoms with E-state index < -0.39 is 44.3 Å². The number of carbonyl (C=O) groups excluding carboxylic acids is 4. The molecule has 1 rings (SSSR count). The van der Waals surface area contributed by atoms with Crippen LogP contribution in [0.3, 0.4) is 0 Å². The molecule has 0 radical (unpaired) electrons. The second-order valence-electron chi connectivity index (χ2n) is 6.40. The van der Waals surface area contributed by atoms with Gasteiger partial charge < -0.3 is 28.4 Å². The summed E-state index contributed by atoms with van der Waals surface area (Å²) in [6.07, 6.45) is 0. The Morgan fingerprint density at radius 1 is 0.625 bits per heavy atom. The fourth-order valence-electron chi connectivity index (χ4n) is 1.75. The summed E-state index contributed by atoms with van der Waals surface area (Å²) in [4.78, 5) is 46.6. The van der Waals surface area contributed by atoms with Crippen molar-refractivity contribution in [3.8, 4) is 11.5 Å². The zero-order valence-electron chi connectivity index (χ0n) is 18.1. The van der Waals surface area contributed by atoms with Gasteiger partial charge in [0.15, 0.2) is 0 Å². The molecule has 10 nitrogen and oxygen atoms in total. The van der Waals surface area contributed by atoms with E-state index in [1.807, 2.05) is 0 Å². The van der Waals surface area contributed by atoms with Crippen LogP contribution in [0.5, 0.6) is 11.5 Å². The first-order valence-corrected chi connectivity index (χ1v) is 9.07. The minimum Gasteiger partial charge on any atom is -0.457 e. The Bertz CT molecular complexity index is 878. The van der Waals surface area contributed by atoms with Gasteiger partial charge in [0.05, 0.1) is 5.56 Å². The molecule has 172 valence electrons. The lowest BCUT2D eigenvalue weighted by Crippen LogP contribution is -2.14. The smallest absolute Gasteiger partial charge is 0.341 e. The highest BCUT2D eigenvalue weighted by Crippen LogP contribution is 2.24. The van der Waals surface area contributed by atoms with Crippen LogP contribution in [-0.4, -0.2) is 44.3 Å². The molecule has 0 unspecified atom stereocenters. The molecule has 0 saturated carbocycles. The first-order valence-electron chi connectivity index (χ1n) is 9.07. The number of rotatable bonds is 12. The lowest BCUT2D eigenvalue weighted by atomic mass is 10.2. The third-order valence-corrected chi connectivity index (χ3v) is 3.37. The van der Waals surface area contributed by atoms with E-state index in [-0.39, 0.29) is 33.8 Å². The van der Waals surface area contributed by atoms with E-state index in [2.05, 4.69) is 19.7 Å². The molecular formula is C22H24O10. The maximum absolute atomic E-state index is 12.3. The molecule has 0 aliphatic rings. The van der Waals surface area contributed by atoms with Gasteiger partial charge in [0.1, 0.15) is 11.5 Å². The molecule has 0 aliphatic carbocycles. The van der Waals surface area contributed by atoms with Gasteiger partial charge in [-0.05, 0) is 32.9 Å². The van der Waals surface area contributed by atoms with Crippen molar-refractivity contribution in [2.45, 2.75) is 20.8 Å². The quantitative estimate of drug-likeness (QED) is 0.204. The Balaban J connectivity index is 2.88. The van der Waals surface area contributed by atoms with Crippen molar-refractivity contribution in [2.24, 2.45) is 0 Å². The van der Waals surface area contributed by atoms with Crippen LogP contribution in [0.1, 0.15) is 31.1 Å². The van der Waals surface area contributed by atoms with E-state index in [0.29, 0.717) is 0 Å². The summed E-state index contributed by atoms with van der Waals surface area (Å²) in [5.74, 6) is -2.76. The maximum Gasteiger partial charge on any atom is 0.341 e. The third-order valence-electron chi connectivity index (χ3n) is 3.37. The molecule has 0 spiro atoms. The Hall–Kier alpha value is -4.08. The average molecular weight is 448 g/mol. The van der Waals surface area contributed by atoms with Gasteiger partial charge in [-0.1, -0.05) is 19.7 Å². The molecule has 32 heavy (non-hydrogen) atoms. The summed E-state index contributed by atoms with van der Waals surface area (Å²) in [5.41, 5.74) is 0.458. The lowest BCUT2D eigenvalue weighted by molar-refractivity contribution is -0.148. The fraction of sp³-hybridized carbons (Fsp3) is 0.273. The van der Waals surface area contributed by atoms with Crippen molar-refractivity contribution in [3.63, 3.8) is 0 Å². The van der Waals surface area contributed by atoms with Crippen LogP contribution in [0.4, 0.5) is 0 Å². The van der Waals surface area contributed by atoms with Gasteiger partial charge >= 0.3 is 23.9 Å². The Kier molecular flexibility index (Phi) is 10.2. The van der Waals surface area contributed by atoms with Gasteiger partial charge in [-0.3, -0.25) is 0 Å². The predicted molar refractivity (Wildman–Crippen MR) is 110 cm³/mol. The Labute approximate surface area is 185 Å². The van der Waals surface area contributed by atoms with Crippen LogP contribution < -0.4 is 9.47 Å². The topological polar surface area (TPSA) is 124 Å². The normalized spacial score (nSPS) is 9.72. The highest BCUT2D eigenvalue weighted by molar-refractivity contribution is 5.91. The molecule has 0 bridgehead atoms. The van der Waals surface area contributed by atoms with Gasteiger partial charge in [0.25, 0.3) is 0 Å². The summed E-state index contributed by atoms with van der Waals surface area (Å²) < 4.78 is 29.9. The van der Waals surface area contributed by atoms with Crippen LogP contribution in [0, 0.1) is 0 Å². The third kappa shape index (κ3) is 9.16. The summed E-state index contributed by atoms with van der Waals surface area (Å²) in [6, 6.07) is 3.93. The molecule has 10 heteroatoms. The summed E-state index contributed by atoms with van der Waals surface area (Å²) in [6.45, 7) is 13.1. The molecule has 0 atom stereocenters. The monoisotopic (exact) mass is 448 g/mol. The second-order valence-corrected chi connectivity index (χ2v) is 6.40. The van der Waals surface area contributed by atoms with Crippen LogP contribution in [-0.2, 0) is 33.3 Å². The van der Waals surface area contributed by atoms with E-state index in [0.717, 1.165) is 0 Å². The highest BCUT2D eigenvalue weighted by atomic mass is 16.7. The molecule has 0 aromatic heterocycles. The number of hydrogen-bond acceptors (Lipinski definition) is 10. The fourth-order valence-corrected chi connectivity index (χ4v) is 1.75. The molecule has 1 aromatic rings. The number of carbonyl (C=O) groups is 4. The molecule has 0 heterocycles. The Morgan fingerprint density at radius 3 is 1.38 bits per heavy atom. The Morgan fingerprint density at radius 2 is 1.00 bits per heavy atom. The van der Waals surface area contributed by atoms with Crippen LogP contribution in [0.2, 0.25) is 0 Å². The molecule has 0 saturated heterocycles. The van der Waals surface area contributed by atoms with E-state index in [4.69, 9.17) is 28.4 Å². The van der Waals surface area contributed by atoms with Crippen molar-refractivity contribution >= 4 is 23.9 Å². The van der Waals surface area contributed by atoms with E-state index in [1.54, 1.807) is 0 Å². The second kappa shape index (κ2) is 12.6. The maximum atomic E-state index is 12.3. The van der Waals surface area contributed by atoms with Crippen molar-refractivity contribution in [1.29, 1.82) is 0 Å². The van der Waals surface area contributed by atoms with Crippen molar-refractivity contribution in [1.82, 2.24) is 0 Å². The summed E-state index contributed by atoms with van der Waals surface area (Å²) in [7, 11) is 0. The van der Waals surface area contributed by atoms with Crippen LogP contribution in [0.25, 0.3) is 0 Å². The number of hydrogen-bond donors (Lipinski definition) is 0. The summed E-state index contributed by atoms with van der Waals surface area (Å²) >= 11 is 0. The van der Waals surface area contributed by atoms with Crippen molar-refractivity contribution in [3.05, 3.63) is 60.2 Å². The zero-order chi connectivity index (χ0) is 24.3. The molecule has 0 amide bonds. The SMILES string of the molecule is C=C(C)C(=O)OCOC(=O)c1cc(OCOC(=O)C(=C)C)cc(OCOC(=O)C(=C)C)c1. The largest absolute Gasteiger partial charge is 0.457 e. The molecule has 1 aromatic carbocycles. The van der Waals surface area contributed by atoms with Gasteiger partial charge in [0.2, 0.25) is 20.4 Å². The van der Waals surface area contributed by atoms with Gasteiger partial charge in [-0.15, -0.1) is 0 Å². The number of benzene rings is 1. The molecule has 0 fully saturated rings. The van der Waals surface area contributed by atoms with E-state index in [9.17, 15) is 19.2 Å². The minimum absolute atomic E-state index is 0.0404. The van der Waals surface area contributed by atoms with E-state index >= 15 is 0 Å². The average Bonchev–Trinajstić information content (AvgIpc) is 2.72. The lowest BCUT2D eigenvalue weighted by Gasteiger charge is -2.13.